The molecule has 0 aliphatic carbocycles. The van der Waals surface area contributed by atoms with Crippen molar-refractivity contribution < 1.29 is 23.9 Å². The number of carbonyl (C=O) groups excluding carboxylic acids is 3. The van der Waals surface area contributed by atoms with E-state index in [2.05, 4.69) is 52.8 Å². The smallest absolute Gasteiger partial charge is 0.328 e. The van der Waals surface area contributed by atoms with Gasteiger partial charge in [-0.2, -0.15) is 0 Å². The molecular weight excluding hydrogens is 816 g/mol. The quantitative estimate of drug-likeness (QED) is 0.174. The van der Waals surface area contributed by atoms with Gasteiger partial charge in [-0.3, -0.25) is 24.7 Å². The number of pyridine rings is 1. The number of nitrogen functional groups attached to an aromatic ring is 1. The molecule has 64 heavy (non-hydrogen) atoms. The van der Waals surface area contributed by atoms with Gasteiger partial charge in [0, 0.05) is 131 Å². The Morgan fingerprint density at radius 1 is 0.875 bits per heavy atom. The fourth-order valence-electron chi connectivity index (χ4n) is 10.6. The predicted molar refractivity (Wildman–Crippen MR) is 243 cm³/mol. The van der Waals surface area contributed by atoms with Gasteiger partial charge >= 0.3 is 6.03 Å². The van der Waals surface area contributed by atoms with Crippen molar-refractivity contribution in [2.24, 2.45) is 0 Å². The zero-order valence-corrected chi connectivity index (χ0v) is 36.2. The Hall–Kier alpha value is -6.33. The van der Waals surface area contributed by atoms with Crippen LogP contribution in [0.25, 0.3) is 22.3 Å². The third-order valence-electron chi connectivity index (χ3n) is 14.1. The van der Waals surface area contributed by atoms with Gasteiger partial charge < -0.3 is 35.0 Å². The lowest BCUT2D eigenvalue weighted by molar-refractivity contribution is -0.133. The normalized spacial score (nSPS) is 21.3. The summed E-state index contributed by atoms with van der Waals surface area (Å²) in [5, 5.41) is 22.3. The molecule has 10 rings (SSSR count). The number of fused-ring (bicyclic) bond motifs is 3. The van der Waals surface area contributed by atoms with Gasteiger partial charge in [0.2, 0.25) is 11.8 Å². The largest absolute Gasteiger partial charge is 0.507 e. The highest BCUT2D eigenvalue weighted by Gasteiger charge is 2.41. The van der Waals surface area contributed by atoms with Gasteiger partial charge in [0.05, 0.1) is 23.3 Å². The molecule has 2 aromatic carbocycles. The fourth-order valence-corrected chi connectivity index (χ4v) is 10.6. The van der Waals surface area contributed by atoms with E-state index in [0.29, 0.717) is 80.1 Å². The molecule has 2 bridgehead atoms. The molecular formula is C47H55FN12O4. The van der Waals surface area contributed by atoms with Gasteiger partial charge in [0.1, 0.15) is 17.2 Å². The standard InChI is InChI=1S/C47H55FN12O4/c1-30-26-59(46-38(30)23-36(25-50-46)58-17-12-43(62)51-47(58)64)32-10-14-54(15-11-32)16-13-44(63)56-20-18-55(19-21-56)27-31-22-33(8-9-39(31)48)60-34-6-7-35(60)29-57(28-34)41-24-40(52-53-45(41)49)37-4-2-3-5-42(37)61/h2-5,8-9,22-26,32,34-35,61H,6-7,10-21,27-29H2,1H3,(H2,49,53)(H,51,62,64). The Labute approximate surface area is 371 Å². The molecule has 2 atom stereocenters. The number of phenolic OH excluding ortho intramolecular Hbond substituents is 1. The minimum atomic E-state index is -0.415. The van der Waals surface area contributed by atoms with Crippen molar-refractivity contribution in [3.8, 4) is 17.0 Å². The first-order valence-corrected chi connectivity index (χ1v) is 22.6. The molecule has 334 valence electrons. The number of carbonyl (C=O) groups is 3. The number of phenols is 1. The minimum Gasteiger partial charge on any atom is -0.507 e. The Morgan fingerprint density at radius 2 is 1.64 bits per heavy atom. The molecule has 0 radical (unpaired) electrons. The van der Waals surface area contributed by atoms with E-state index in [1.165, 1.54) is 0 Å². The number of nitrogens with one attached hydrogen (secondary N) is 1. The number of para-hydroxylation sites is 1. The second-order valence-corrected chi connectivity index (χ2v) is 18.0. The van der Waals surface area contributed by atoms with E-state index in [-0.39, 0.29) is 41.9 Å². The Balaban J connectivity index is 0.695. The van der Waals surface area contributed by atoms with Crippen LogP contribution in [0, 0.1) is 12.7 Å². The third kappa shape index (κ3) is 8.17. The number of piperidine rings is 1. The molecule has 5 saturated heterocycles. The van der Waals surface area contributed by atoms with Crippen LogP contribution in [0.2, 0.25) is 0 Å². The van der Waals surface area contributed by atoms with E-state index < -0.39 is 6.03 Å². The molecule has 8 heterocycles. The van der Waals surface area contributed by atoms with E-state index in [4.69, 9.17) is 10.7 Å². The molecule has 2 unspecified atom stereocenters. The van der Waals surface area contributed by atoms with Crippen LogP contribution in [-0.4, -0.2) is 135 Å². The summed E-state index contributed by atoms with van der Waals surface area (Å²) < 4.78 is 17.7. The monoisotopic (exact) mass is 870 g/mol. The fraction of sp³-hybridized carbons (Fsp3) is 0.447. The zero-order chi connectivity index (χ0) is 44.1. The maximum Gasteiger partial charge on any atom is 0.328 e. The van der Waals surface area contributed by atoms with E-state index >= 15 is 4.39 Å². The summed E-state index contributed by atoms with van der Waals surface area (Å²) in [6.45, 7) is 9.53. The average Bonchev–Trinajstić information content (AvgIpc) is 3.77. The van der Waals surface area contributed by atoms with Crippen molar-refractivity contribution in [1.29, 1.82) is 0 Å². The maximum absolute atomic E-state index is 15.4. The number of nitrogens with zero attached hydrogens (tertiary/aromatic N) is 10. The highest BCUT2D eigenvalue weighted by molar-refractivity contribution is 6.06. The summed E-state index contributed by atoms with van der Waals surface area (Å²) in [5.41, 5.74) is 12.7. The number of amides is 4. The maximum atomic E-state index is 15.4. The number of anilines is 4. The van der Waals surface area contributed by atoms with Crippen molar-refractivity contribution in [3.63, 3.8) is 0 Å². The van der Waals surface area contributed by atoms with Crippen LogP contribution in [-0.2, 0) is 16.1 Å². The molecule has 16 nitrogen and oxygen atoms in total. The van der Waals surface area contributed by atoms with Crippen molar-refractivity contribution in [2.45, 2.75) is 70.1 Å². The third-order valence-corrected chi connectivity index (χ3v) is 14.1. The number of likely N-dealkylation sites (tertiary alicyclic amines) is 1. The number of benzene rings is 2. The van der Waals surface area contributed by atoms with E-state index in [0.717, 1.165) is 86.4 Å². The summed E-state index contributed by atoms with van der Waals surface area (Å²) in [5.74, 6) is 0.197. The number of aromatic hydroxyl groups is 1. The van der Waals surface area contributed by atoms with Crippen molar-refractivity contribution in [3.05, 3.63) is 83.9 Å². The van der Waals surface area contributed by atoms with Crippen LogP contribution >= 0.6 is 0 Å². The summed E-state index contributed by atoms with van der Waals surface area (Å²) in [4.78, 5) is 55.2. The van der Waals surface area contributed by atoms with Crippen LogP contribution in [0.15, 0.2) is 67.0 Å². The number of piperazine rings is 2. The molecule has 5 aliphatic rings. The van der Waals surface area contributed by atoms with Gasteiger partial charge in [-0.05, 0) is 80.6 Å². The lowest BCUT2D eigenvalue weighted by Gasteiger charge is -2.43. The zero-order valence-electron chi connectivity index (χ0n) is 36.2. The first kappa shape index (κ1) is 41.7. The average molecular weight is 871 g/mol. The van der Waals surface area contributed by atoms with Crippen LogP contribution in [0.3, 0.4) is 0 Å². The predicted octanol–water partition coefficient (Wildman–Crippen LogP) is 4.90. The van der Waals surface area contributed by atoms with Crippen molar-refractivity contribution in [2.75, 3.05) is 85.9 Å². The van der Waals surface area contributed by atoms with Crippen molar-refractivity contribution >= 4 is 51.8 Å². The molecule has 0 saturated carbocycles. The lowest BCUT2D eigenvalue weighted by atomic mass is 10.0. The van der Waals surface area contributed by atoms with Gasteiger partial charge in [-0.15, -0.1) is 10.2 Å². The first-order valence-electron chi connectivity index (χ1n) is 22.6. The molecule has 5 aliphatic heterocycles. The first-order chi connectivity index (χ1) is 31.1. The number of hydrogen-bond acceptors (Lipinski definition) is 12. The topological polar surface area (TPSA) is 173 Å². The molecule has 4 amide bonds. The lowest BCUT2D eigenvalue weighted by Crippen LogP contribution is -2.54. The Bertz CT molecular complexity index is 2570. The highest BCUT2D eigenvalue weighted by atomic mass is 19.1. The number of aryl methyl sites for hydroxylation is 1. The molecule has 0 spiro atoms. The van der Waals surface area contributed by atoms with Gasteiger partial charge in [-0.25, -0.2) is 14.2 Å². The van der Waals surface area contributed by atoms with Crippen molar-refractivity contribution in [1.82, 2.24) is 39.8 Å². The highest BCUT2D eigenvalue weighted by Crippen LogP contribution is 2.40. The summed E-state index contributed by atoms with van der Waals surface area (Å²) in [6, 6.07) is 16.8. The molecule has 5 fully saturated rings. The molecule has 5 aromatic rings. The van der Waals surface area contributed by atoms with Gasteiger partial charge in [-0.1, -0.05) is 12.1 Å². The number of nitrogens with two attached hydrogens (primary N) is 1. The van der Waals surface area contributed by atoms with Crippen LogP contribution < -0.4 is 25.8 Å². The Kier molecular flexibility index (Phi) is 11.3. The van der Waals surface area contributed by atoms with Crippen LogP contribution in [0.4, 0.5) is 32.1 Å². The second-order valence-electron chi connectivity index (χ2n) is 18.0. The minimum absolute atomic E-state index is 0.141. The number of urea groups is 1. The molecule has 4 N–H and O–H groups in total. The molecule has 3 aromatic heterocycles. The Morgan fingerprint density at radius 3 is 2.39 bits per heavy atom. The number of aromatic nitrogens is 4. The van der Waals surface area contributed by atoms with Gasteiger partial charge in [0.25, 0.3) is 0 Å². The number of rotatable bonds is 10. The second kappa shape index (κ2) is 17.3. The summed E-state index contributed by atoms with van der Waals surface area (Å²) in [7, 11) is 0. The van der Waals surface area contributed by atoms with E-state index in [1.54, 1.807) is 29.3 Å². The van der Waals surface area contributed by atoms with Crippen LogP contribution in [0.1, 0.15) is 55.7 Å². The number of halogens is 1. The summed E-state index contributed by atoms with van der Waals surface area (Å²) in [6.07, 6.45) is 8.55. The number of hydrogen-bond donors (Lipinski definition) is 3. The van der Waals surface area contributed by atoms with Crippen LogP contribution in [0.5, 0.6) is 5.75 Å². The number of imide groups is 1. The van der Waals surface area contributed by atoms with E-state index in [1.807, 2.05) is 41.3 Å². The van der Waals surface area contributed by atoms with E-state index in [9.17, 15) is 19.5 Å². The van der Waals surface area contributed by atoms with Gasteiger partial charge in [0.15, 0.2) is 5.82 Å². The summed E-state index contributed by atoms with van der Waals surface area (Å²) >= 11 is 0. The SMILES string of the molecule is Cc1cn(C2CCN(CCC(=O)N3CCN(Cc4cc(N5C6CCC5CN(c5cc(-c7ccccc7O)nnc5N)C6)ccc4F)CC3)CC2)c2ncc(N3CCC(=O)NC3=O)cc12. The molecule has 17 heteroatoms.